The Bertz CT molecular complexity index is 1030. The normalized spacial score (nSPS) is 12.3. The molecule has 0 radical (unpaired) electrons. The second kappa shape index (κ2) is 8.92. The summed E-state index contributed by atoms with van der Waals surface area (Å²) in [5.41, 5.74) is 8.04. The summed E-state index contributed by atoms with van der Waals surface area (Å²) in [4.78, 5) is 29.4. The Hall–Kier alpha value is -3.45. The van der Waals surface area contributed by atoms with Crippen LogP contribution in [0.2, 0.25) is 0 Å². The monoisotopic (exact) mass is 405 g/mol. The quantitative estimate of drug-likeness (QED) is 0.562. The minimum Gasteiger partial charge on any atom is -0.350 e. The van der Waals surface area contributed by atoms with Gasteiger partial charge in [-0.3, -0.25) is 9.59 Å². The van der Waals surface area contributed by atoms with Gasteiger partial charge in [0.1, 0.15) is 11.6 Å². The van der Waals surface area contributed by atoms with Crippen LogP contribution in [-0.2, 0) is 21.7 Å². The molecule has 1 heterocycles. The van der Waals surface area contributed by atoms with Crippen LogP contribution < -0.4 is 16.4 Å². The highest BCUT2D eigenvalue weighted by Crippen LogP contribution is 2.19. The molecule has 0 unspecified atom stereocenters. The maximum Gasteiger partial charge on any atom is 0.247 e. The molecule has 3 rings (SSSR count). The number of carbonyl (C=O) groups excluding carboxylic acids is 2. The third-order valence-corrected chi connectivity index (χ3v) is 5.18. The number of hydrogen-bond acceptors (Lipinski definition) is 4. The first-order valence-electron chi connectivity index (χ1n) is 9.77. The van der Waals surface area contributed by atoms with Crippen molar-refractivity contribution in [3.8, 4) is 0 Å². The third-order valence-electron chi connectivity index (χ3n) is 5.18. The molecule has 1 atom stereocenters. The summed E-state index contributed by atoms with van der Waals surface area (Å²) in [5, 5.41) is 5.68. The summed E-state index contributed by atoms with van der Waals surface area (Å²) in [7, 11) is 0. The van der Waals surface area contributed by atoms with E-state index in [-0.39, 0.29) is 11.8 Å². The van der Waals surface area contributed by atoms with E-state index < -0.39 is 11.6 Å². The van der Waals surface area contributed by atoms with Gasteiger partial charge >= 0.3 is 0 Å². The lowest BCUT2D eigenvalue weighted by atomic mass is 10.0. The highest BCUT2D eigenvalue weighted by molar-refractivity contribution is 5.94. The zero-order chi connectivity index (χ0) is 21.7. The van der Waals surface area contributed by atoms with E-state index >= 15 is 0 Å². The molecular weight excluding hydrogens is 378 g/mol. The first kappa shape index (κ1) is 21.3. The van der Waals surface area contributed by atoms with Gasteiger partial charge in [-0.1, -0.05) is 54.6 Å². The molecule has 0 saturated carbocycles. The van der Waals surface area contributed by atoms with Crippen LogP contribution in [0.5, 0.6) is 0 Å². The number of benzene rings is 2. The number of nitrogens with zero attached hydrogens (tertiary/aromatic N) is 2. The van der Waals surface area contributed by atoms with E-state index in [0.29, 0.717) is 17.9 Å². The fraction of sp³-hybridized carbons (Fsp3) is 0.261. The Morgan fingerprint density at radius 1 is 1.10 bits per heavy atom. The Morgan fingerprint density at radius 3 is 2.47 bits per heavy atom. The van der Waals surface area contributed by atoms with Crippen molar-refractivity contribution < 1.29 is 9.59 Å². The average Bonchev–Trinajstić information content (AvgIpc) is 3.22. The van der Waals surface area contributed by atoms with Crippen molar-refractivity contribution in [2.45, 2.75) is 38.9 Å². The van der Waals surface area contributed by atoms with Gasteiger partial charge in [-0.25, -0.2) is 4.98 Å². The van der Waals surface area contributed by atoms with E-state index in [4.69, 9.17) is 5.73 Å². The average molecular weight is 406 g/mol. The van der Waals surface area contributed by atoms with Gasteiger partial charge in [-0.2, -0.15) is 0 Å². The van der Waals surface area contributed by atoms with Gasteiger partial charge in [0.05, 0.1) is 6.33 Å². The Kier molecular flexibility index (Phi) is 6.32. The van der Waals surface area contributed by atoms with Crippen LogP contribution in [-0.4, -0.2) is 21.4 Å². The summed E-state index contributed by atoms with van der Waals surface area (Å²) in [5.74, 6) is -0.179. The second-order valence-electron chi connectivity index (χ2n) is 7.71. The molecule has 0 aliphatic heterocycles. The molecule has 2 amide bonds. The molecule has 0 saturated heterocycles. The van der Waals surface area contributed by atoms with Crippen LogP contribution in [0.25, 0.3) is 0 Å². The van der Waals surface area contributed by atoms with Gasteiger partial charge in [-0.05, 0) is 37.5 Å². The number of nitrogens with one attached hydrogen (secondary N) is 2. The number of carbonyl (C=O) groups is 2. The van der Waals surface area contributed by atoms with E-state index in [2.05, 4.69) is 15.6 Å². The van der Waals surface area contributed by atoms with Crippen molar-refractivity contribution in [1.29, 1.82) is 0 Å². The Labute approximate surface area is 176 Å². The number of anilines is 1. The van der Waals surface area contributed by atoms with Crippen LogP contribution in [0.3, 0.4) is 0 Å². The molecule has 4 N–H and O–H groups in total. The van der Waals surface area contributed by atoms with Crippen molar-refractivity contribution in [1.82, 2.24) is 14.9 Å². The van der Waals surface area contributed by atoms with Crippen LogP contribution >= 0.6 is 0 Å². The van der Waals surface area contributed by atoms with Crippen LogP contribution in [0, 0.1) is 6.92 Å². The molecule has 0 aliphatic rings. The van der Waals surface area contributed by atoms with Crippen molar-refractivity contribution >= 4 is 17.6 Å². The molecule has 2 aromatic carbocycles. The molecule has 0 aliphatic carbocycles. The molecule has 7 heteroatoms. The summed E-state index contributed by atoms with van der Waals surface area (Å²) >= 11 is 0. The minimum absolute atomic E-state index is 0.151. The number of rotatable bonds is 7. The molecule has 7 nitrogen and oxygen atoms in total. The summed E-state index contributed by atoms with van der Waals surface area (Å²) in [6.07, 6.45) is 3.15. The van der Waals surface area contributed by atoms with Crippen LogP contribution in [0.4, 0.5) is 5.82 Å². The lowest BCUT2D eigenvalue weighted by Crippen LogP contribution is -2.43. The van der Waals surface area contributed by atoms with Gasteiger partial charge in [0.2, 0.25) is 11.8 Å². The summed E-state index contributed by atoms with van der Waals surface area (Å²) < 4.78 is 1.67. The zero-order valence-corrected chi connectivity index (χ0v) is 17.4. The standard InChI is InChI=1S/C23H27N5O2/c1-16-9-7-8-12-18(16)13-25-22(30)23(2,3)28-14-19(26-15-28)27-21(29)20(24)17-10-5-4-6-11-17/h4-12,14-15,20H,13,24H2,1-3H3,(H,25,30)(H,27,29)/t20-/m0/s1. The van der Waals surface area contributed by atoms with E-state index in [0.717, 1.165) is 11.1 Å². The topological polar surface area (TPSA) is 102 Å². The predicted molar refractivity (Wildman–Crippen MR) is 117 cm³/mol. The summed E-state index contributed by atoms with van der Waals surface area (Å²) in [6.45, 7) is 6.04. The number of imidazole rings is 1. The van der Waals surface area contributed by atoms with Gasteiger partial charge < -0.3 is 20.9 Å². The van der Waals surface area contributed by atoms with Crippen molar-refractivity contribution in [3.63, 3.8) is 0 Å². The van der Waals surface area contributed by atoms with E-state index in [9.17, 15) is 9.59 Å². The van der Waals surface area contributed by atoms with Crippen molar-refractivity contribution in [3.05, 3.63) is 83.8 Å². The first-order valence-corrected chi connectivity index (χ1v) is 9.77. The molecule has 0 bridgehead atoms. The fourth-order valence-corrected chi connectivity index (χ4v) is 3.03. The van der Waals surface area contributed by atoms with E-state index in [1.54, 1.807) is 36.7 Å². The smallest absolute Gasteiger partial charge is 0.247 e. The molecule has 0 fully saturated rings. The van der Waals surface area contributed by atoms with Crippen molar-refractivity contribution in [2.24, 2.45) is 5.73 Å². The van der Waals surface area contributed by atoms with Crippen molar-refractivity contribution in [2.75, 3.05) is 5.32 Å². The molecule has 156 valence electrons. The number of aromatic nitrogens is 2. The maximum atomic E-state index is 12.8. The molecule has 1 aromatic heterocycles. The van der Waals surface area contributed by atoms with Crippen LogP contribution in [0.1, 0.15) is 36.6 Å². The van der Waals surface area contributed by atoms with Gasteiger partial charge in [0.25, 0.3) is 0 Å². The first-order chi connectivity index (χ1) is 14.3. The minimum atomic E-state index is -0.889. The lowest BCUT2D eigenvalue weighted by molar-refractivity contribution is -0.128. The zero-order valence-electron chi connectivity index (χ0n) is 17.4. The molecule has 3 aromatic rings. The Morgan fingerprint density at radius 2 is 1.77 bits per heavy atom. The van der Waals surface area contributed by atoms with Gasteiger partial charge in [-0.15, -0.1) is 0 Å². The number of amides is 2. The number of nitrogens with two attached hydrogens (primary N) is 1. The van der Waals surface area contributed by atoms with E-state index in [1.807, 2.05) is 49.4 Å². The SMILES string of the molecule is Cc1ccccc1CNC(=O)C(C)(C)n1cnc(NC(=O)[C@@H](N)c2ccccc2)c1. The van der Waals surface area contributed by atoms with Gasteiger partial charge in [0, 0.05) is 12.7 Å². The van der Waals surface area contributed by atoms with E-state index in [1.165, 1.54) is 6.33 Å². The maximum absolute atomic E-state index is 12.8. The molecular formula is C23H27N5O2. The highest BCUT2D eigenvalue weighted by atomic mass is 16.2. The lowest BCUT2D eigenvalue weighted by Gasteiger charge is -2.25. The number of hydrogen-bond donors (Lipinski definition) is 3. The molecule has 30 heavy (non-hydrogen) atoms. The third kappa shape index (κ3) is 4.75. The highest BCUT2D eigenvalue weighted by Gasteiger charge is 2.30. The largest absolute Gasteiger partial charge is 0.350 e. The predicted octanol–water partition coefficient (Wildman–Crippen LogP) is 2.88. The Balaban J connectivity index is 1.64. The fourth-order valence-electron chi connectivity index (χ4n) is 3.03. The molecule has 0 spiro atoms. The second-order valence-corrected chi connectivity index (χ2v) is 7.71. The summed E-state index contributed by atoms with van der Waals surface area (Å²) in [6, 6.07) is 16.2. The number of aryl methyl sites for hydroxylation is 1. The van der Waals surface area contributed by atoms with Gasteiger partial charge in [0.15, 0.2) is 5.82 Å². The van der Waals surface area contributed by atoms with Crippen LogP contribution in [0.15, 0.2) is 67.1 Å².